The van der Waals surface area contributed by atoms with Crippen LogP contribution in [0.1, 0.15) is 12.8 Å². The third kappa shape index (κ3) is 5.61. The lowest BCUT2D eigenvalue weighted by molar-refractivity contribution is -0.113. The van der Waals surface area contributed by atoms with Crippen molar-refractivity contribution in [2.75, 3.05) is 17.7 Å². The minimum Gasteiger partial charge on any atom is -0.376 e. The van der Waals surface area contributed by atoms with Crippen molar-refractivity contribution in [1.29, 1.82) is 0 Å². The van der Waals surface area contributed by atoms with Crippen LogP contribution in [0.25, 0.3) is 22.5 Å². The van der Waals surface area contributed by atoms with Crippen LogP contribution in [0, 0.1) is 5.82 Å². The van der Waals surface area contributed by atoms with Crippen molar-refractivity contribution in [1.82, 2.24) is 14.8 Å². The van der Waals surface area contributed by atoms with Crippen LogP contribution in [0.5, 0.6) is 0 Å². The van der Waals surface area contributed by atoms with Crippen LogP contribution in [-0.4, -0.2) is 39.1 Å². The van der Waals surface area contributed by atoms with Crippen molar-refractivity contribution in [2.24, 2.45) is 0 Å². The fourth-order valence-electron chi connectivity index (χ4n) is 4.14. The van der Waals surface area contributed by atoms with Gasteiger partial charge in [0.25, 0.3) is 0 Å². The Morgan fingerprint density at radius 2 is 1.77 bits per heavy atom. The number of hydrogen-bond donors (Lipinski definition) is 1. The largest absolute Gasteiger partial charge is 0.376 e. The van der Waals surface area contributed by atoms with E-state index in [0.717, 1.165) is 41.8 Å². The Hall–Kier alpha value is -3.49. The number of amides is 1. The van der Waals surface area contributed by atoms with Gasteiger partial charge in [0, 0.05) is 23.4 Å². The van der Waals surface area contributed by atoms with Crippen LogP contribution in [-0.2, 0) is 16.1 Å². The maximum absolute atomic E-state index is 13.4. The summed E-state index contributed by atoms with van der Waals surface area (Å²) in [6.45, 7) is 1.32. The van der Waals surface area contributed by atoms with Crippen LogP contribution in [0.15, 0.2) is 84.0 Å². The van der Waals surface area contributed by atoms with Crippen molar-refractivity contribution in [3.8, 4) is 22.5 Å². The number of anilines is 1. The molecule has 35 heavy (non-hydrogen) atoms. The summed E-state index contributed by atoms with van der Waals surface area (Å²) in [5, 5.41) is 12.4. The van der Waals surface area contributed by atoms with E-state index in [1.54, 1.807) is 12.1 Å². The quantitative estimate of drug-likeness (QED) is 0.324. The summed E-state index contributed by atoms with van der Waals surface area (Å²) in [4.78, 5) is 12.9. The molecule has 1 aromatic heterocycles. The standard InChI is InChI=1S/C27H25FN4O2S/c28-21-14-12-20(13-15-21)26-30-31-27(32(26)17-22-9-6-16-34-22)35-18-25(33)29-24-11-5-4-10-23(24)19-7-2-1-3-8-19/h1-5,7-8,10-15,22H,6,9,16-18H2,(H,29,33). The number of nitrogens with zero attached hydrogens (tertiary/aromatic N) is 3. The van der Waals surface area contributed by atoms with E-state index in [9.17, 15) is 9.18 Å². The molecule has 0 spiro atoms. The van der Waals surface area contributed by atoms with Gasteiger partial charge in [-0.05, 0) is 48.7 Å². The number of halogens is 1. The van der Waals surface area contributed by atoms with E-state index in [-0.39, 0.29) is 23.6 Å². The number of carbonyl (C=O) groups is 1. The first-order valence-electron chi connectivity index (χ1n) is 11.6. The Kier molecular flexibility index (Phi) is 7.20. The van der Waals surface area contributed by atoms with E-state index >= 15 is 0 Å². The van der Waals surface area contributed by atoms with Gasteiger partial charge in [0.05, 0.1) is 18.4 Å². The second-order valence-electron chi connectivity index (χ2n) is 8.31. The minimum atomic E-state index is -0.305. The molecule has 1 fully saturated rings. The molecule has 4 aromatic rings. The Bertz CT molecular complexity index is 1290. The molecule has 1 aliphatic rings. The summed E-state index contributed by atoms with van der Waals surface area (Å²) in [7, 11) is 0. The molecule has 6 nitrogen and oxygen atoms in total. The molecule has 0 radical (unpaired) electrons. The highest BCUT2D eigenvalue weighted by Crippen LogP contribution is 2.29. The monoisotopic (exact) mass is 488 g/mol. The molecule has 5 rings (SSSR count). The number of hydrogen-bond acceptors (Lipinski definition) is 5. The SMILES string of the molecule is O=C(CSc1nnc(-c2ccc(F)cc2)n1CC1CCCO1)Nc1ccccc1-c1ccccc1. The molecule has 1 N–H and O–H groups in total. The van der Waals surface area contributed by atoms with E-state index in [0.29, 0.717) is 17.5 Å². The number of ether oxygens (including phenoxy) is 1. The number of nitrogens with one attached hydrogen (secondary N) is 1. The molecule has 2 heterocycles. The highest BCUT2D eigenvalue weighted by Gasteiger charge is 2.22. The summed E-state index contributed by atoms with van der Waals surface area (Å²) in [6, 6.07) is 23.9. The number of aromatic nitrogens is 3. The number of benzene rings is 3. The lowest BCUT2D eigenvalue weighted by atomic mass is 10.0. The molecule has 178 valence electrons. The topological polar surface area (TPSA) is 69.0 Å². The molecule has 1 amide bonds. The highest BCUT2D eigenvalue weighted by atomic mass is 32.2. The van der Waals surface area contributed by atoms with E-state index in [4.69, 9.17) is 4.74 Å². The maximum atomic E-state index is 13.4. The molecular formula is C27H25FN4O2S. The molecule has 0 saturated carbocycles. The lowest BCUT2D eigenvalue weighted by Gasteiger charge is -2.15. The van der Waals surface area contributed by atoms with Gasteiger partial charge in [-0.1, -0.05) is 60.3 Å². The summed E-state index contributed by atoms with van der Waals surface area (Å²) >= 11 is 1.33. The summed E-state index contributed by atoms with van der Waals surface area (Å²) in [5.74, 6) is 0.378. The average Bonchev–Trinajstić information content (AvgIpc) is 3.55. The van der Waals surface area contributed by atoms with Gasteiger partial charge in [-0.25, -0.2) is 4.39 Å². The zero-order valence-corrected chi connectivity index (χ0v) is 19.9. The van der Waals surface area contributed by atoms with Gasteiger partial charge in [0.15, 0.2) is 11.0 Å². The maximum Gasteiger partial charge on any atom is 0.234 e. The Morgan fingerprint density at radius 3 is 2.54 bits per heavy atom. The highest BCUT2D eigenvalue weighted by molar-refractivity contribution is 7.99. The van der Waals surface area contributed by atoms with Gasteiger partial charge >= 0.3 is 0 Å². The van der Waals surface area contributed by atoms with Crippen LogP contribution in [0.4, 0.5) is 10.1 Å². The Morgan fingerprint density at radius 1 is 1.00 bits per heavy atom. The number of para-hydroxylation sites is 1. The molecule has 1 saturated heterocycles. The van der Waals surface area contributed by atoms with Crippen molar-refractivity contribution in [2.45, 2.75) is 30.6 Å². The third-order valence-electron chi connectivity index (χ3n) is 5.85. The summed E-state index contributed by atoms with van der Waals surface area (Å²) < 4.78 is 21.2. The second-order valence-corrected chi connectivity index (χ2v) is 9.25. The lowest BCUT2D eigenvalue weighted by Crippen LogP contribution is -2.18. The molecule has 8 heteroatoms. The molecule has 3 aromatic carbocycles. The number of thioether (sulfide) groups is 1. The van der Waals surface area contributed by atoms with Gasteiger partial charge in [0.1, 0.15) is 5.82 Å². The predicted molar refractivity (Wildman–Crippen MR) is 136 cm³/mol. The zero-order chi connectivity index (χ0) is 24.0. The summed E-state index contributed by atoms with van der Waals surface area (Å²) in [6.07, 6.45) is 2.04. The molecule has 0 bridgehead atoms. The first-order valence-corrected chi connectivity index (χ1v) is 12.5. The smallest absolute Gasteiger partial charge is 0.234 e. The Labute approximate surface area is 207 Å². The average molecular weight is 489 g/mol. The fraction of sp³-hybridized carbons (Fsp3) is 0.222. The van der Waals surface area contributed by atoms with Gasteiger partial charge in [-0.15, -0.1) is 10.2 Å². The first-order chi connectivity index (χ1) is 17.2. The van der Waals surface area contributed by atoms with Gasteiger partial charge in [-0.3, -0.25) is 9.36 Å². The minimum absolute atomic E-state index is 0.0659. The first kappa shape index (κ1) is 23.3. The second kappa shape index (κ2) is 10.8. The van der Waals surface area contributed by atoms with Crippen molar-refractivity contribution >= 4 is 23.4 Å². The Balaban J connectivity index is 1.32. The van der Waals surface area contributed by atoms with Gasteiger partial charge < -0.3 is 10.1 Å². The zero-order valence-electron chi connectivity index (χ0n) is 19.1. The van der Waals surface area contributed by atoms with Crippen molar-refractivity contribution in [3.05, 3.63) is 84.7 Å². The molecule has 0 aliphatic carbocycles. The number of rotatable bonds is 8. The van der Waals surface area contributed by atoms with E-state index < -0.39 is 0 Å². The van der Waals surface area contributed by atoms with Crippen LogP contribution in [0.2, 0.25) is 0 Å². The van der Waals surface area contributed by atoms with E-state index in [2.05, 4.69) is 15.5 Å². The van der Waals surface area contributed by atoms with E-state index in [1.807, 2.05) is 59.2 Å². The predicted octanol–water partition coefficient (Wildman–Crippen LogP) is 5.66. The van der Waals surface area contributed by atoms with Gasteiger partial charge in [0.2, 0.25) is 5.91 Å². The third-order valence-corrected chi connectivity index (χ3v) is 6.81. The molecule has 1 atom stereocenters. The molecular weight excluding hydrogens is 463 g/mol. The van der Waals surface area contributed by atoms with Crippen LogP contribution < -0.4 is 5.32 Å². The number of carbonyl (C=O) groups excluding carboxylic acids is 1. The van der Waals surface area contributed by atoms with Crippen LogP contribution >= 0.6 is 11.8 Å². The normalized spacial score (nSPS) is 15.3. The van der Waals surface area contributed by atoms with Crippen LogP contribution in [0.3, 0.4) is 0 Å². The summed E-state index contributed by atoms with van der Waals surface area (Å²) in [5.41, 5.74) is 3.53. The van der Waals surface area contributed by atoms with Crippen molar-refractivity contribution in [3.63, 3.8) is 0 Å². The van der Waals surface area contributed by atoms with E-state index in [1.165, 1.54) is 23.9 Å². The molecule has 1 unspecified atom stereocenters. The molecule has 1 aliphatic heterocycles. The van der Waals surface area contributed by atoms with Crippen molar-refractivity contribution < 1.29 is 13.9 Å². The fourth-order valence-corrected chi connectivity index (χ4v) is 4.89. The van der Waals surface area contributed by atoms with Gasteiger partial charge in [-0.2, -0.15) is 0 Å².